The van der Waals surface area contributed by atoms with Crippen molar-refractivity contribution in [2.45, 2.75) is 45.2 Å². The van der Waals surface area contributed by atoms with E-state index in [0.29, 0.717) is 5.56 Å². The van der Waals surface area contributed by atoms with E-state index in [4.69, 9.17) is 14.7 Å². The van der Waals surface area contributed by atoms with Gasteiger partial charge in [0.25, 0.3) is 0 Å². The normalized spacial score (nSPS) is 13.6. The summed E-state index contributed by atoms with van der Waals surface area (Å²) in [5, 5.41) is 4.37. The number of carbonyl (C=O) groups is 1. The molecule has 6 nitrogen and oxygen atoms in total. The average molecular weight is 523 g/mol. The first-order valence-electron chi connectivity index (χ1n) is 13.1. The molecule has 0 radical (unpaired) electrons. The van der Waals surface area contributed by atoms with Gasteiger partial charge in [-0.3, -0.25) is 0 Å². The highest BCUT2D eigenvalue weighted by Gasteiger charge is 2.19. The van der Waals surface area contributed by atoms with Gasteiger partial charge >= 0.3 is 5.97 Å². The van der Waals surface area contributed by atoms with Crippen molar-refractivity contribution in [3.8, 4) is 11.4 Å². The highest BCUT2D eigenvalue weighted by Crippen LogP contribution is 2.37. The summed E-state index contributed by atoms with van der Waals surface area (Å²) in [5.41, 5.74) is 7.07. The molecule has 0 amide bonds. The lowest BCUT2D eigenvalue weighted by Gasteiger charge is -2.15. The van der Waals surface area contributed by atoms with Crippen LogP contribution in [0.15, 0.2) is 78.4 Å². The molecular weight excluding hydrogens is 492 g/mol. The maximum Gasteiger partial charge on any atom is 0.337 e. The monoisotopic (exact) mass is 522 g/mol. The second kappa shape index (κ2) is 10.8. The minimum atomic E-state index is -0.353. The van der Waals surface area contributed by atoms with Crippen LogP contribution < -0.4 is 5.32 Å². The van der Waals surface area contributed by atoms with Gasteiger partial charge in [-0.15, -0.1) is 0 Å². The van der Waals surface area contributed by atoms with Crippen LogP contribution in [0.2, 0.25) is 0 Å². The lowest BCUT2D eigenvalue weighted by atomic mass is 9.97. The first kappa shape index (κ1) is 24.4. The minimum Gasteiger partial charge on any atom is -0.465 e. The number of hydrogen-bond acceptors (Lipinski definition) is 6. The maximum atomic E-state index is 12.2. The largest absolute Gasteiger partial charge is 0.465 e. The number of nitrogens with one attached hydrogen (secondary N) is 1. The van der Waals surface area contributed by atoms with Gasteiger partial charge in [-0.05, 0) is 68.0 Å². The van der Waals surface area contributed by atoms with Crippen LogP contribution in [-0.4, -0.2) is 27.6 Å². The molecule has 0 fully saturated rings. The van der Waals surface area contributed by atoms with E-state index < -0.39 is 0 Å². The molecule has 2 heterocycles. The third kappa shape index (κ3) is 4.94. The predicted molar refractivity (Wildman–Crippen MR) is 155 cm³/mol. The summed E-state index contributed by atoms with van der Waals surface area (Å²) in [5.74, 6) is 0.552. The molecular formula is C31H30N4O2S. The van der Waals surface area contributed by atoms with Gasteiger partial charge in [0.15, 0.2) is 5.13 Å². The van der Waals surface area contributed by atoms with Crippen molar-refractivity contribution in [2.24, 2.45) is 0 Å². The fourth-order valence-electron chi connectivity index (χ4n) is 5.17. The van der Waals surface area contributed by atoms with E-state index in [1.165, 1.54) is 43.9 Å². The van der Waals surface area contributed by atoms with E-state index in [2.05, 4.69) is 40.2 Å². The van der Waals surface area contributed by atoms with Gasteiger partial charge in [0.2, 0.25) is 0 Å². The van der Waals surface area contributed by atoms with Crippen molar-refractivity contribution in [1.82, 2.24) is 14.5 Å². The molecule has 2 aromatic heterocycles. The molecule has 0 bridgehead atoms. The summed E-state index contributed by atoms with van der Waals surface area (Å²) < 4.78 is 8.36. The summed E-state index contributed by atoms with van der Waals surface area (Å²) in [7, 11) is 1.41. The van der Waals surface area contributed by atoms with Crippen LogP contribution in [0.4, 0.5) is 5.13 Å². The summed E-state index contributed by atoms with van der Waals surface area (Å²) in [6.07, 6.45) is 8.31. The number of esters is 1. The van der Waals surface area contributed by atoms with E-state index in [1.54, 1.807) is 11.3 Å². The summed E-state index contributed by atoms with van der Waals surface area (Å²) in [4.78, 5) is 22.2. The Kier molecular flexibility index (Phi) is 6.92. The number of nitrogens with zero attached hydrogens (tertiary/aromatic N) is 3. The summed E-state index contributed by atoms with van der Waals surface area (Å²) in [6, 6.07) is 22.2. The Hall–Kier alpha value is -3.97. The van der Waals surface area contributed by atoms with Gasteiger partial charge in [-0.25, -0.2) is 14.8 Å². The zero-order valence-corrected chi connectivity index (χ0v) is 22.3. The van der Waals surface area contributed by atoms with Gasteiger partial charge in [-0.2, -0.15) is 0 Å². The van der Waals surface area contributed by atoms with Gasteiger partial charge in [0.05, 0.1) is 33.9 Å². The smallest absolute Gasteiger partial charge is 0.337 e. The Morgan fingerprint density at radius 2 is 1.92 bits per heavy atom. The van der Waals surface area contributed by atoms with Crippen LogP contribution in [0.1, 0.15) is 48.0 Å². The highest BCUT2D eigenvalue weighted by atomic mass is 32.1. The second-order valence-corrected chi connectivity index (χ2v) is 10.7. The number of anilines is 1. The topological polar surface area (TPSA) is 69.0 Å². The molecule has 1 N–H and O–H groups in total. The Morgan fingerprint density at radius 3 is 2.74 bits per heavy atom. The van der Waals surface area contributed by atoms with Crippen LogP contribution in [0, 0.1) is 0 Å². The number of thiazole rings is 1. The van der Waals surface area contributed by atoms with E-state index in [0.717, 1.165) is 57.3 Å². The number of imidazole rings is 1. The molecule has 38 heavy (non-hydrogen) atoms. The van der Waals surface area contributed by atoms with E-state index in [1.807, 2.05) is 42.5 Å². The predicted octanol–water partition coefficient (Wildman–Crippen LogP) is 7.60. The van der Waals surface area contributed by atoms with Crippen molar-refractivity contribution in [3.05, 3.63) is 89.5 Å². The molecule has 0 saturated heterocycles. The van der Waals surface area contributed by atoms with Gasteiger partial charge < -0.3 is 14.6 Å². The molecule has 1 aliphatic rings. The van der Waals surface area contributed by atoms with Crippen molar-refractivity contribution < 1.29 is 9.53 Å². The molecule has 0 atom stereocenters. The Balaban J connectivity index is 1.40. The molecule has 3 aromatic carbocycles. The third-order valence-corrected chi connectivity index (χ3v) is 8.22. The van der Waals surface area contributed by atoms with Crippen LogP contribution in [0.5, 0.6) is 0 Å². The van der Waals surface area contributed by atoms with E-state index in [9.17, 15) is 4.79 Å². The number of methoxy groups -OCH3 is 1. The van der Waals surface area contributed by atoms with E-state index >= 15 is 0 Å². The number of fused-ring (bicyclic) bond motifs is 2. The quantitative estimate of drug-likeness (QED) is 0.168. The zero-order valence-electron chi connectivity index (χ0n) is 21.4. The maximum absolute atomic E-state index is 12.2. The molecule has 0 spiro atoms. The number of aryl methyl sites for hydroxylation is 1. The van der Waals surface area contributed by atoms with Crippen molar-refractivity contribution in [1.29, 1.82) is 0 Å². The number of carbonyl (C=O) groups excluding carboxylic acids is 1. The number of aromatic nitrogens is 3. The minimum absolute atomic E-state index is 0.353. The first-order chi connectivity index (χ1) is 18.7. The summed E-state index contributed by atoms with van der Waals surface area (Å²) >= 11 is 1.65. The molecule has 1 aliphatic carbocycles. The number of allylic oxidation sites excluding steroid dienone is 2. The van der Waals surface area contributed by atoms with Crippen LogP contribution >= 0.6 is 11.3 Å². The number of rotatable bonds is 8. The lowest BCUT2D eigenvalue weighted by molar-refractivity contribution is 0.0601. The van der Waals surface area contributed by atoms with Crippen molar-refractivity contribution >= 4 is 43.7 Å². The van der Waals surface area contributed by atoms with Crippen molar-refractivity contribution in [2.75, 3.05) is 12.4 Å². The standard InChI is InChI=1S/C31H30N4O2S/c1-37-30(36)23-15-16-27-26(19-23)33-29(35(27)18-17-21-9-4-2-5-10-21)24-13-8-14-25-28(24)38-31(34-25)32-20-22-11-6-3-7-12-22/h3,6-9,11-16,19H,2,4-5,10,17-18,20H2,1H3,(H,32,34). The molecule has 192 valence electrons. The molecule has 7 heteroatoms. The zero-order chi connectivity index (χ0) is 25.9. The molecule has 0 unspecified atom stereocenters. The third-order valence-electron chi connectivity index (χ3n) is 7.15. The Morgan fingerprint density at radius 1 is 1.03 bits per heavy atom. The lowest BCUT2D eigenvalue weighted by Crippen LogP contribution is -2.04. The van der Waals surface area contributed by atoms with Crippen LogP contribution in [0.3, 0.4) is 0 Å². The molecule has 5 aromatic rings. The average Bonchev–Trinajstić information content (AvgIpc) is 3.56. The fourth-order valence-corrected chi connectivity index (χ4v) is 6.14. The molecule has 0 aliphatic heterocycles. The second-order valence-electron chi connectivity index (χ2n) is 9.65. The van der Waals surface area contributed by atoms with Gasteiger partial charge in [-0.1, -0.05) is 59.4 Å². The number of ether oxygens (including phenoxy) is 1. The Labute approximate surface area is 226 Å². The molecule has 0 saturated carbocycles. The van der Waals surface area contributed by atoms with E-state index in [-0.39, 0.29) is 5.97 Å². The molecule has 6 rings (SSSR count). The SMILES string of the molecule is COC(=O)c1ccc2c(c1)nc(-c1cccc3nc(NCc4ccccc4)sc13)n2CCC1=CCCCC1. The van der Waals surface area contributed by atoms with Crippen LogP contribution in [0.25, 0.3) is 32.6 Å². The number of hydrogen-bond donors (Lipinski definition) is 1. The van der Waals surface area contributed by atoms with Gasteiger partial charge in [0, 0.05) is 18.7 Å². The van der Waals surface area contributed by atoms with Crippen molar-refractivity contribution in [3.63, 3.8) is 0 Å². The highest BCUT2D eigenvalue weighted by molar-refractivity contribution is 7.22. The van der Waals surface area contributed by atoms with Gasteiger partial charge in [0.1, 0.15) is 5.82 Å². The summed E-state index contributed by atoms with van der Waals surface area (Å²) in [6.45, 7) is 1.56. The fraction of sp³-hybridized carbons (Fsp3) is 0.258. The first-order valence-corrected chi connectivity index (χ1v) is 14.0. The van der Waals surface area contributed by atoms with Crippen LogP contribution in [-0.2, 0) is 17.8 Å². The number of benzene rings is 3. The Bertz CT molecular complexity index is 1630.